The summed E-state index contributed by atoms with van der Waals surface area (Å²) in [6, 6.07) is 5.65. The Bertz CT molecular complexity index is 522. The number of nitriles is 1. The Labute approximate surface area is 103 Å². The molecule has 1 atom stereocenters. The summed E-state index contributed by atoms with van der Waals surface area (Å²) in [6.07, 6.45) is -0.902. The lowest BCUT2D eigenvalue weighted by Crippen LogP contribution is -2.13. The summed E-state index contributed by atoms with van der Waals surface area (Å²) in [4.78, 5) is 21.8. The van der Waals surface area contributed by atoms with Crippen LogP contribution >= 0.6 is 0 Å². The van der Waals surface area contributed by atoms with Gasteiger partial charge in [-0.15, -0.1) is 0 Å². The molecule has 1 N–H and O–H groups in total. The number of nitrogens with one attached hydrogen (secondary N) is 1. The third kappa shape index (κ3) is 2.95. The van der Waals surface area contributed by atoms with Gasteiger partial charge < -0.3 is 10.1 Å². The lowest BCUT2D eigenvalue weighted by molar-refractivity contribution is -0.384. The van der Waals surface area contributed by atoms with Gasteiger partial charge in [0.15, 0.2) is 6.10 Å². The highest BCUT2D eigenvalue weighted by Gasteiger charge is 2.18. The van der Waals surface area contributed by atoms with Gasteiger partial charge >= 0.3 is 5.97 Å². The summed E-state index contributed by atoms with van der Waals surface area (Å²) in [5.74, 6) is -0.769. The molecule has 18 heavy (non-hydrogen) atoms. The summed E-state index contributed by atoms with van der Waals surface area (Å²) in [6.45, 7) is 1.41. The molecule has 0 radical (unpaired) electrons. The summed E-state index contributed by atoms with van der Waals surface area (Å²) < 4.78 is 4.75. The third-order valence-corrected chi connectivity index (χ3v) is 2.17. The monoisotopic (exact) mass is 249 g/mol. The van der Waals surface area contributed by atoms with Crippen LogP contribution < -0.4 is 5.32 Å². The van der Waals surface area contributed by atoms with Crippen LogP contribution in [0, 0.1) is 21.4 Å². The van der Waals surface area contributed by atoms with Crippen LogP contribution in [0.2, 0.25) is 0 Å². The number of nitro groups is 1. The molecule has 0 unspecified atom stereocenters. The molecule has 7 nitrogen and oxygen atoms in total. The highest BCUT2D eigenvalue weighted by molar-refractivity contribution is 5.91. The van der Waals surface area contributed by atoms with Gasteiger partial charge in [-0.25, -0.2) is 4.79 Å². The number of anilines is 1. The molecule has 7 heteroatoms. The van der Waals surface area contributed by atoms with E-state index in [1.807, 2.05) is 0 Å². The average molecular weight is 249 g/mol. The zero-order chi connectivity index (χ0) is 13.7. The van der Waals surface area contributed by atoms with Gasteiger partial charge in [-0.05, 0) is 19.1 Å². The molecular formula is C11H11N3O4. The average Bonchev–Trinajstić information content (AvgIpc) is 2.37. The minimum atomic E-state index is -0.902. The molecule has 0 fully saturated rings. The number of nitro benzene ring substituents is 1. The molecule has 94 valence electrons. The van der Waals surface area contributed by atoms with Gasteiger partial charge in [-0.3, -0.25) is 10.1 Å². The van der Waals surface area contributed by atoms with Crippen molar-refractivity contribution >= 4 is 17.3 Å². The van der Waals surface area contributed by atoms with E-state index in [2.05, 4.69) is 5.32 Å². The number of benzene rings is 1. The Balaban J connectivity index is 3.05. The smallest absolute Gasteiger partial charge is 0.339 e. The number of carbonyl (C=O) groups is 1. The molecule has 1 aromatic rings. The summed E-state index contributed by atoms with van der Waals surface area (Å²) in [5, 5.41) is 22.0. The van der Waals surface area contributed by atoms with E-state index in [1.54, 1.807) is 6.07 Å². The fraction of sp³-hybridized carbons (Fsp3) is 0.273. The van der Waals surface area contributed by atoms with Crippen molar-refractivity contribution in [3.63, 3.8) is 0 Å². The summed E-state index contributed by atoms with van der Waals surface area (Å²) in [5.41, 5.74) is 0.101. The molecule has 0 aromatic heterocycles. The number of nitrogens with zero attached hydrogens (tertiary/aromatic N) is 2. The minimum Gasteiger partial charge on any atom is -0.444 e. The van der Waals surface area contributed by atoms with Crippen molar-refractivity contribution < 1.29 is 14.5 Å². The molecule has 0 spiro atoms. The van der Waals surface area contributed by atoms with Gasteiger partial charge in [-0.1, -0.05) is 0 Å². The second-order valence-corrected chi connectivity index (χ2v) is 3.42. The van der Waals surface area contributed by atoms with Gasteiger partial charge in [-0.2, -0.15) is 5.26 Å². The highest BCUT2D eigenvalue weighted by Crippen LogP contribution is 2.25. The Kier molecular flexibility index (Phi) is 4.21. The van der Waals surface area contributed by atoms with Crippen molar-refractivity contribution in [2.24, 2.45) is 0 Å². The van der Waals surface area contributed by atoms with Crippen molar-refractivity contribution in [1.82, 2.24) is 0 Å². The lowest BCUT2D eigenvalue weighted by atomic mass is 10.1. The zero-order valence-electron chi connectivity index (χ0n) is 9.84. The second-order valence-electron chi connectivity index (χ2n) is 3.42. The van der Waals surface area contributed by atoms with E-state index in [4.69, 9.17) is 10.00 Å². The molecule has 0 aliphatic rings. The van der Waals surface area contributed by atoms with Gasteiger partial charge in [0.05, 0.1) is 10.5 Å². The van der Waals surface area contributed by atoms with Crippen molar-refractivity contribution in [3.05, 3.63) is 33.9 Å². The summed E-state index contributed by atoms with van der Waals surface area (Å²) in [7, 11) is 1.54. The number of esters is 1. The second kappa shape index (κ2) is 5.63. The topological polar surface area (TPSA) is 105 Å². The molecule has 0 heterocycles. The predicted octanol–water partition coefficient (Wildman–Crippen LogP) is 1.71. The lowest BCUT2D eigenvalue weighted by Gasteiger charge is -2.07. The van der Waals surface area contributed by atoms with Gasteiger partial charge in [0, 0.05) is 13.1 Å². The van der Waals surface area contributed by atoms with Crippen LogP contribution in [-0.2, 0) is 4.74 Å². The van der Waals surface area contributed by atoms with Crippen molar-refractivity contribution in [2.75, 3.05) is 12.4 Å². The van der Waals surface area contributed by atoms with Crippen LogP contribution in [-0.4, -0.2) is 24.0 Å². The number of hydrogen-bond acceptors (Lipinski definition) is 6. The van der Waals surface area contributed by atoms with Gasteiger partial charge in [0.25, 0.3) is 5.69 Å². The van der Waals surface area contributed by atoms with Crippen LogP contribution in [0.15, 0.2) is 18.2 Å². The van der Waals surface area contributed by atoms with Crippen LogP contribution in [0.4, 0.5) is 11.4 Å². The number of hydrogen-bond donors (Lipinski definition) is 1. The fourth-order valence-electron chi connectivity index (χ4n) is 1.28. The Morgan fingerprint density at radius 3 is 2.78 bits per heavy atom. The van der Waals surface area contributed by atoms with E-state index in [-0.39, 0.29) is 11.3 Å². The van der Waals surface area contributed by atoms with Crippen molar-refractivity contribution in [2.45, 2.75) is 13.0 Å². The highest BCUT2D eigenvalue weighted by atomic mass is 16.6. The largest absolute Gasteiger partial charge is 0.444 e. The molecule has 0 aliphatic heterocycles. The first kappa shape index (κ1) is 13.4. The SMILES string of the molecule is CNc1ccc(C(=O)O[C@H](C)C#N)cc1[N+](=O)[O-]. The first-order valence-electron chi connectivity index (χ1n) is 5.06. The Morgan fingerprint density at radius 2 is 2.28 bits per heavy atom. The quantitative estimate of drug-likeness (QED) is 0.494. The minimum absolute atomic E-state index is 0.0304. The van der Waals surface area contributed by atoms with Crippen LogP contribution in [0.1, 0.15) is 17.3 Å². The van der Waals surface area contributed by atoms with E-state index < -0.39 is 17.0 Å². The predicted molar refractivity (Wildman–Crippen MR) is 63.1 cm³/mol. The summed E-state index contributed by atoms with van der Waals surface area (Å²) >= 11 is 0. The van der Waals surface area contributed by atoms with E-state index >= 15 is 0 Å². The molecule has 0 aliphatic carbocycles. The van der Waals surface area contributed by atoms with E-state index in [9.17, 15) is 14.9 Å². The zero-order valence-corrected chi connectivity index (χ0v) is 9.84. The normalized spacial score (nSPS) is 11.2. The van der Waals surface area contributed by atoms with E-state index in [0.717, 1.165) is 6.07 Å². The molecule has 1 aromatic carbocycles. The molecule has 0 bridgehead atoms. The van der Waals surface area contributed by atoms with Crippen molar-refractivity contribution in [1.29, 1.82) is 5.26 Å². The Hall–Kier alpha value is -2.62. The molecule has 1 rings (SSSR count). The first-order chi connectivity index (χ1) is 8.49. The number of carbonyl (C=O) groups excluding carboxylic acids is 1. The van der Waals surface area contributed by atoms with Crippen LogP contribution in [0.3, 0.4) is 0 Å². The van der Waals surface area contributed by atoms with Crippen LogP contribution in [0.25, 0.3) is 0 Å². The standard InChI is InChI=1S/C11H11N3O4/c1-7(6-12)18-11(15)8-3-4-9(13-2)10(5-8)14(16)17/h3-5,7,13H,1-2H3/t7-/m1/s1. The Morgan fingerprint density at radius 1 is 1.61 bits per heavy atom. The molecular weight excluding hydrogens is 238 g/mol. The molecule has 0 saturated heterocycles. The third-order valence-electron chi connectivity index (χ3n) is 2.17. The van der Waals surface area contributed by atoms with E-state index in [1.165, 1.54) is 26.1 Å². The maximum Gasteiger partial charge on any atom is 0.339 e. The van der Waals surface area contributed by atoms with Gasteiger partial charge in [0.1, 0.15) is 11.8 Å². The first-order valence-corrected chi connectivity index (χ1v) is 5.06. The maximum absolute atomic E-state index is 11.6. The molecule has 0 saturated carbocycles. The number of rotatable bonds is 4. The maximum atomic E-state index is 11.6. The van der Waals surface area contributed by atoms with Crippen LogP contribution in [0.5, 0.6) is 0 Å². The van der Waals surface area contributed by atoms with Crippen molar-refractivity contribution in [3.8, 4) is 6.07 Å². The van der Waals surface area contributed by atoms with E-state index in [0.29, 0.717) is 5.69 Å². The molecule has 0 amide bonds. The number of ether oxygens (including phenoxy) is 1. The van der Waals surface area contributed by atoms with Gasteiger partial charge in [0.2, 0.25) is 0 Å². The fourth-order valence-corrected chi connectivity index (χ4v) is 1.28.